The smallest absolute Gasteiger partial charge is 0.254 e. The molecule has 4 nitrogen and oxygen atoms in total. The number of ether oxygens (including phenoxy) is 1. The molecule has 1 saturated carbocycles. The second-order valence-electron chi connectivity index (χ2n) is 6.45. The number of amides is 1. The van der Waals surface area contributed by atoms with E-state index in [9.17, 15) is 4.79 Å². The molecule has 0 aliphatic heterocycles. The molecule has 4 rings (SSSR count). The van der Waals surface area contributed by atoms with Crippen molar-refractivity contribution in [1.82, 2.24) is 9.88 Å². The molecular formula is C21H20N2O2S. The summed E-state index contributed by atoms with van der Waals surface area (Å²) in [5.74, 6) is 0.759. The van der Waals surface area contributed by atoms with E-state index in [1.807, 2.05) is 52.7 Å². The highest BCUT2D eigenvalue weighted by Gasteiger charge is 2.33. The summed E-state index contributed by atoms with van der Waals surface area (Å²) in [6.45, 7) is 1.06. The quantitative estimate of drug-likeness (QED) is 0.619. The van der Waals surface area contributed by atoms with E-state index >= 15 is 0 Å². The Bertz CT molecular complexity index is 861. The van der Waals surface area contributed by atoms with Crippen molar-refractivity contribution in [3.8, 4) is 5.75 Å². The van der Waals surface area contributed by atoms with Gasteiger partial charge in [-0.1, -0.05) is 36.4 Å². The van der Waals surface area contributed by atoms with Gasteiger partial charge in [-0.05, 0) is 36.6 Å². The SMILES string of the molecule is O=C(c1cccc(OCc2cscn2)c1)N(Cc1ccccc1)C1CC1. The van der Waals surface area contributed by atoms with E-state index in [1.165, 1.54) is 0 Å². The van der Waals surface area contributed by atoms with Crippen LogP contribution >= 0.6 is 11.3 Å². The first-order chi connectivity index (χ1) is 12.8. The maximum Gasteiger partial charge on any atom is 0.254 e. The number of thiazole rings is 1. The van der Waals surface area contributed by atoms with Crippen LogP contribution in [0.5, 0.6) is 5.75 Å². The van der Waals surface area contributed by atoms with Gasteiger partial charge in [0.25, 0.3) is 5.91 Å². The molecule has 0 saturated heterocycles. The first-order valence-corrected chi connectivity index (χ1v) is 9.69. The lowest BCUT2D eigenvalue weighted by Gasteiger charge is -2.23. The molecule has 2 aromatic carbocycles. The van der Waals surface area contributed by atoms with Crippen molar-refractivity contribution in [2.24, 2.45) is 0 Å². The van der Waals surface area contributed by atoms with Crippen LogP contribution < -0.4 is 4.74 Å². The lowest BCUT2D eigenvalue weighted by atomic mass is 10.1. The zero-order chi connectivity index (χ0) is 17.8. The number of carbonyl (C=O) groups excluding carboxylic acids is 1. The summed E-state index contributed by atoms with van der Waals surface area (Å²) in [5, 5.41) is 1.96. The van der Waals surface area contributed by atoms with Crippen LogP contribution in [-0.4, -0.2) is 21.8 Å². The maximum atomic E-state index is 13.1. The van der Waals surface area contributed by atoms with Crippen LogP contribution in [-0.2, 0) is 13.2 Å². The average molecular weight is 364 g/mol. The van der Waals surface area contributed by atoms with Crippen LogP contribution in [0.25, 0.3) is 0 Å². The van der Waals surface area contributed by atoms with Gasteiger partial charge in [0.1, 0.15) is 12.4 Å². The van der Waals surface area contributed by atoms with Gasteiger partial charge in [-0.3, -0.25) is 4.79 Å². The van der Waals surface area contributed by atoms with Gasteiger partial charge < -0.3 is 9.64 Å². The second kappa shape index (κ2) is 7.70. The average Bonchev–Trinajstić information content (AvgIpc) is 3.40. The molecule has 3 aromatic rings. The van der Waals surface area contributed by atoms with E-state index in [-0.39, 0.29) is 5.91 Å². The first kappa shape index (κ1) is 16.8. The fourth-order valence-electron chi connectivity index (χ4n) is 2.88. The van der Waals surface area contributed by atoms with Crippen molar-refractivity contribution >= 4 is 17.2 Å². The summed E-state index contributed by atoms with van der Waals surface area (Å²) in [4.78, 5) is 19.3. The van der Waals surface area contributed by atoms with Gasteiger partial charge in [0.15, 0.2) is 0 Å². The molecule has 1 aliphatic rings. The summed E-state index contributed by atoms with van der Waals surface area (Å²) in [5.41, 5.74) is 4.51. The fraction of sp³-hybridized carbons (Fsp3) is 0.238. The summed E-state index contributed by atoms with van der Waals surface area (Å²) < 4.78 is 5.79. The van der Waals surface area contributed by atoms with Crippen molar-refractivity contribution in [3.63, 3.8) is 0 Å². The van der Waals surface area contributed by atoms with Crippen LogP contribution in [0.1, 0.15) is 34.5 Å². The molecule has 1 heterocycles. The highest BCUT2D eigenvalue weighted by molar-refractivity contribution is 7.07. The van der Waals surface area contributed by atoms with E-state index in [1.54, 1.807) is 16.8 Å². The Balaban J connectivity index is 1.48. The lowest BCUT2D eigenvalue weighted by molar-refractivity contribution is 0.0729. The minimum absolute atomic E-state index is 0.0652. The monoisotopic (exact) mass is 364 g/mol. The van der Waals surface area contributed by atoms with Crippen LogP contribution in [0.3, 0.4) is 0 Å². The number of nitrogens with zero attached hydrogens (tertiary/aromatic N) is 2. The molecule has 1 aromatic heterocycles. The van der Waals surface area contributed by atoms with Gasteiger partial charge in [-0.25, -0.2) is 4.98 Å². The van der Waals surface area contributed by atoms with Crippen LogP contribution in [0.4, 0.5) is 0 Å². The standard InChI is InChI=1S/C21H20N2O2S/c24-21(23(19-9-10-19)12-16-5-2-1-3-6-16)17-7-4-8-20(11-17)25-13-18-14-26-15-22-18/h1-8,11,14-15,19H,9-10,12-13H2. The maximum absolute atomic E-state index is 13.1. The Morgan fingerprint density at radius 1 is 1.15 bits per heavy atom. The Kier molecular flexibility index (Phi) is 4.97. The third kappa shape index (κ3) is 4.11. The molecule has 0 bridgehead atoms. The number of rotatable bonds is 7. The van der Waals surface area contributed by atoms with Crippen molar-refractivity contribution in [3.05, 3.63) is 82.3 Å². The van der Waals surface area contributed by atoms with Gasteiger partial charge in [0.2, 0.25) is 0 Å². The Hall–Kier alpha value is -2.66. The van der Waals surface area contributed by atoms with E-state index in [4.69, 9.17) is 4.74 Å². The van der Waals surface area contributed by atoms with Crippen molar-refractivity contribution in [1.29, 1.82) is 0 Å². The molecule has 0 radical (unpaired) electrons. The molecule has 5 heteroatoms. The topological polar surface area (TPSA) is 42.4 Å². The lowest BCUT2D eigenvalue weighted by Crippen LogP contribution is -2.32. The second-order valence-corrected chi connectivity index (χ2v) is 7.16. The predicted octanol–water partition coefficient (Wildman–Crippen LogP) is 4.53. The number of hydrogen-bond donors (Lipinski definition) is 0. The minimum atomic E-state index is 0.0652. The van der Waals surface area contributed by atoms with Gasteiger partial charge in [0, 0.05) is 23.5 Å². The van der Waals surface area contributed by atoms with E-state index in [0.29, 0.717) is 30.5 Å². The van der Waals surface area contributed by atoms with Gasteiger partial charge in [0.05, 0.1) is 11.2 Å². The Morgan fingerprint density at radius 2 is 2.00 bits per heavy atom. The van der Waals surface area contributed by atoms with Gasteiger partial charge in [-0.2, -0.15) is 0 Å². The Morgan fingerprint density at radius 3 is 2.73 bits per heavy atom. The number of aromatic nitrogens is 1. The van der Waals surface area contributed by atoms with Gasteiger partial charge in [-0.15, -0.1) is 11.3 Å². The molecule has 26 heavy (non-hydrogen) atoms. The molecule has 0 atom stereocenters. The van der Waals surface area contributed by atoms with E-state index in [0.717, 1.165) is 24.1 Å². The number of benzene rings is 2. The highest BCUT2D eigenvalue weighted by Crippen LogP contribution is 2.30. The van der Waals surface area contributed by atoms with Crippen molar-refractivity contribution in [2.75, 3.05) is 0 Å². The molecule has 0 N–H and O–H groups in total. The third-order valence-electron chi connectivity index (χ3n) is 4.40. The molecule has 0 unspecified atom stereocenters. The normalized spacial score (nSPS) is 13.4. The molecule has 1 amide bonds. The van der Waals surface area contributed by atoms with E-state index < -0.39 is 0 Å². The zero-order valence-corrected chi connectivity index (χ0v) is 15.2. The molecule has 1 aliphatic carbocycles. The molecule has 132 valence electrons. The van der Waals surface area contributed by atoms with Crippen molar-refractivity contribution in [2.45, 2.75) is 32.0 Å². The minimum Gasteiger partial charge on any atom is -0.487 e. The zero-order valence-electron chi connectivity index (χ0n) is 14.4. The van der Waals surface area contributed by atoms with Crippen LogP contribution in [0.15, 0.2) is 65.5 Å². The largest absolute Gasteiger partial charge is 0.487 e. The van der Waals surface area contributed by atoms with Crippen LogP contribution in [0.2, 0.25) is 0 Å². The van der Waals surface area contributed by atoms with Gasteiger partial charge >= 0.3 is 0 Å². The summed E-state index contributed by atoms with van der Waals surface area (Å²) in [7, 11) is 0. The summed E-state index contributed by atoms with van der Waals surface area (Å²) in [6.07, 6.45) is 2.16. The molecule has 1 fully saturated rings. The van der Waals surface area contributed by atoms with Crippen LogP contribution in [0, 0.1) is 0 Å². The third-order valence-corrected chi connectivity index (χ3v) is 5.03. The number of hydrogen-bond acceptors (Lipinski definition) is 4. The summed E-state index contributed by atoms with van der Waals surface area (Å²) in [6, 6.07) is 17.9. The predicted molar refractivity (Wildman–Crippen MR) is 102 cm³/mol. The molecule has 0 spiro atoms. The van der Waals surface area contributed by atoms with Crippen molar-refractivity contribution < 1.29 is 9.53 Å². The summed E-state index contributed by atoms with van der Waals surface area (Å²) >= 11 is 1.55. The Labute approximate surface area is 157 Å². The highest BCUT2D eigenvalue weighted by atomic mass is 32.1. The van der Waals surface area contributed by atoms with E-state index in [2.05, 4.69) is 17.1 Å². The first-order valence-electron chi connectivity index (χ1n) is 8.74. The molecular weight excluding hydrogens is 344 g/mol. The fourth-order valence-corrected chi connectivity index (χ4v) is 3.43. The number of carbonyl (C=O) groups is 1.